The van der Waals surface area contributed by atoms with E-state index >= 15 is 0 Å². The minimum atomic E-state index is -1.46. The number of carboxylic acid groups (broad SMARTS) is 2. The van der Waals surface area contributed by atoms with E-state index in [1.54, 1.807) is 30.3 Å². The number of carboxylic acids is 2. The Morgan fingerprint density at radius 1 is 1.20 bits per heavy atom. The summed E-state index contributed by atoms with van der Waals surface area (Å²) >= 11 is 0. The Kier molecular flexibility index (Phi) is 5.46. The Morgan fingerprint density at radius 3 is 2.25 bits per heavy atom. The smallest absolute Gasteiger partial charge is 0.332 e. The summed E-state index contributed by atoms with van der Waals surface area (Å²) in [6.45, 7) is 0. The zero-order chi connectivity index (χ0) is 15.1. The molecule has 0 spiro atoms. The maximum atomic E-state index is 11.2. The number of hydrogen-bond donors (Lipinski definition) is 2. The van der Waals surface area contributed by atoms with E-state index in [0.29, 0.717) is 5.56 Å². The van der Waals surface area contributed by atoms with Gasteiger partial charge in [0.2, 0.25) is 0 Å². The van der Waals surface area contributed by atoms with Gasteiger partial charge in [-0.1, -0.05) is 30.3 Å². The van der Waals surface area contributed by atoms with Crippen molar-refractivity contribution in [2.75, 3.05) is 7.11 Å². The monoisotopic (exact) mass is 278 g/mol. The van der Waals surface area contributed by atoms with Gasteiger partial charge >= 0.3 is 17.9 Å². The molecule has 1 aromatic rings. The highest BCUT2D eigenvalue weighted by molar-refractivity contribution is 5.99. The molecule has 0 aliphatic carbocycles. The fraction of sp³-hybridized carbons (Fsp3) is 0.214. The molecule has 0 aliphatic rings. The largest absolute Gasteiger partial charge is 0.481 e. The van der Waals surface area contributed by atoms with Gasteiger partial charge in [0, 0.05) is 0 Å². The number of rotatable bonds is 6. The molecule has 0 saturated heterocycles. The Balaban J connectivity index is 3.15. The summed E-state index contributed by atoms with van der Waals surface area (Å²) < 4.78 is 4.39. The molecule has 2 N–H and O–H groups in total. The molecule has 0 aromatic heterocycles. The van der Waals surface area contributed by atoms with Crippen LogP contribution in [0.5, 0.6) is 0 Å². The Hall–Kier alpha value is -2.63. The second-order valence-corrected chi connectivity index (χ2v) is 3.99. The van der Waals surface area contributed by atoms with E-state index in [4.69, 9.17) is 10.2 Å². The lowest BCUT2D eigenvalue weighted by atomic mass is 9.93. The van der Waals surface area contributed by atoms with Crippen molar-refractivity contribution >= 4 is 24.0 Å². The zero-order valence-electron chi connectivity index (χ0n) is 10.8. The number of benzene rings is 1. The number of ether oxygens (including phenoxy) is 1. The van der Waals surface area contributed by atoms with E-state index in [0.717, 1.165) is 7.11 Å². The molecular weight excluding hydrogens is 264 g/mol. The predicted octanol–water partition coefficient (Wildman–Crippen LogP) is 1.42. The molecule has 6 heteroatoms. The van der Waals surface area contributed by atoms with Crippen LogP contribution >= 0.6 is 0 Å². The van der Waals surface area contributed by atoms with Gasteiger partial charge < -0.3 is 14.9 Å². The number of hydrogen-bond acceptors (Lipinski definition) is 4. The number of methoxy groups -OCH3 is 1. The normalized spacial score (nSPS) is 12.6. The van der Waals surface area contributed by atoms with E-state index in [1.165, 1.54) is 6.08 Å². The third kappa shape index (κ3) is 4.24. The number of carbonyl (C=O) groups is 3. The van der Waals surface area contributed by atoms with Gasteiger partial charge in [-0.25, -0.2) is 4.79 Å². The molecule has 106 valence electrons. The summed E-state index contributed by atoms with van der Waals surface area (Å²) in [6, 6.07) is 8.42. The van der Waals surface area contributed by atoms with Crippen LogP contribution in [0.25, 0.3) is 6.08 Å². The topological polar surface area (TPSA) is 101 Å². The van der Waals surface area contributed by atoms with Gasteiger partial charge in [0.05, 0.1) is 25.0 Å². The Labute approximate surface area is 115 Å². The van der Waals surface area contributed by atoms with E-state index in [1.807, 2.05) is 0 Å². The lowest BCUT2D eigenvalue weighted by Gasteiger charge is -2.12. The summed E-state index contributed by atoms with van der Waals surface area (Å²) in [6.07, 6.45) is 0.709. The van der Waals surface area contributed by atoms with Crippen LogP contribution in [0.2, 0.25) is 0 Å². The summed E-state index contributed by atoms with van der Waals surface area (Å²) in [5.74, 6) is -5.01. The predicted molar refractivity (Wildman–Crippen MR) is 69.8 cm³/mol. The summed E-state index contributed by atoms with van der Waals surface area (Å²) in [5, 5.41) is 18.3. The lowest BCUT2D eigenvalue weighted by molar-refractivity contribution is -0.150. The fourth-order valence-corrected chi connectivity index (χ4v) is 1.62. The van der Waals surface area contributed by atoms with Gasteiger partial charge in [-0.2, -0.15) is 0 Å². The van der Waals surface area contributed by atoms with Crippen LogP contribution in [0, 0.1) is 5.92 Å². The third-order valence-electron chi connectivity index (χ3n) is 2.64. The molecule has 1 unspecified atom stereocenters. The van der Waals surface area contributed by atoms with Crippen LogP contribution in [0.3, 0.4) is 0 Å². The molecule has 0 heterocycles. The average Bonchev–Trinajstić information content (AvgIpc) is 2.42. The summed E-state index contributed by atoms with van der Waals surface area (Å²) in [4.78, 5) is 33.6. The maximum Gasteiger partial charge on any atom is 0.332 e. The van der Waals surface area contributed by atoms with E-state index in [2.05, 4.69) is 4.74 Å². The lowest BCUT2D eigenvalue weighted by Crippen LogP contribution is -2.24. The van der Waals surface area contributed by atoms with Crippen molar-refractivity contribution < 1.29 is 29.3 Å². The maximum absolute atomic E-state index is 11.2. The van der Waals surface area contributed by atoms with Crippen LogP contribution in [0.1, 0.15) is 12.0 Å². The first-order valence-corrected chi connectivity index (χ1v) is 5.75. The van der Waals surface area contributed by atoms with Crippen molar-refractivity contribution in [3.8, 4) is 0 Å². The van der Waals surface area contributed by atoms with Crippen molar-refractivity contribution in [3.63, 3.8) is 0 Å². The molecule has 1 atom stereocenters. The molecule has 1 rings (SSSR count). The quantitative estimate of drug-likeness (QED) is 0.603. The van der Waals surface area contributed by atoms with Crippen LogP contribution in [-0.2, 0) is 19.1 Å². The molecule has 0 aliphatic heterocycles. The van der Waals surface area contributed by atoms with Gasteiger partial charge in [-0.15, -0.1) is 0 Å². The molecule has 0 fully saturated rings. The molecule has 0 saturated carbocycles. The SMILES string of the molecule is COC(=O)CC(C(=O)O)C(=Cc1ccccc1)C(=O)O. The Bertz CT molecular complexity index is 532. The van der Waals surface area contributed by atoms with Crippen LogP contribution < -0.4 is 0 Å². The first-order chi connectivity index (χ1) is 9.45. The second-order valence-electron chi connectivity index (χ2n) is 3.99. The molecule has 20 heavy (non-hydrogen) atoms. The van der Waals surface area contributed by atoms with E-state index in [9.17, 15) is 14.4 Å². The highest BCUT2D eigenvalue weighted by Gasteiger charge is 2.30. The molecule has 0 radical (unpaired) electrons. The molecule has 6 nitrogen and oxygen atoms in total. The van der Waals surface area contributed by atoms with Gasteiger partial charge in [0.25, 0.3) is 0 Å². The fourth-order valence-electron chi connectivity index (χ4n) is 1.62. The molecule has 0 amide bonds. The van der Waals surface area contributed by atoms with Gasteiger partial charge in [-0.3, -0.25) is 9.59 Å². The van der Waals surface area contributed by atoms with Crippen molar-refractivity contribution in [3.05, 3.63) is 41.5 Å². The van der Waals surface area contributed by atoms with Gasteiger partial charge in [-0.05, 0) is 11.6 Å². The average molecular weight is 278 g/mol. The molecule has 0 bridgehead atoms. The van der Waals surface area contributed by atoms with Crippen molar-refractivity contribution in [2.24, 2.45) is 5.92 Å². The van der Waals surface area contributed by atoms with Crippen LogP contribution in [0.15, 0.2) is 35.9 Å². The minimum absolute atomic E-state index is 0.367. The number of esters is 1. The van der Waals surface area contributed by atoms with Gasteiger partial charge in [0.1, 0.15) is 0 Å². The van der Waals surface area contributed by atoms with E-state index in [-0.39, 0.29) is 5.57 Å². The van der Waals surface area contributed by atoms with Crippen molar-refractivity contribution in [2.45, 2.75) is 6.42 Å². The zero-order valence-corrected chi connectivity index (χ0v) is 10.8. The summed E-state index contributed by atoms with van der Waals surface area (Å²) in [7, 11) is 1.11. The third-order valence-corrected chi connectivity index (χ3v) is 2.64. The minimum Gasteiger partial charge on any atom is -0.481 e. The van der Waals surface area contributed by atoms with Crippen molar-refractivity contribution in [1.29, 1.82) is 0 Å². The second kappa shape index (κ2) is 7.08. The van der Waals surface area contributed by atoms with Crippen LogP contribution in [-0.4, -0.2) is 35.2 Å². The summed E-state index contributed by atoms with van der Waals surface area (Å²) in [5.41, 5.74) is 0.176. The number of aliphatic carboxylic acids is 2. The molecule has 1 aromatic carbocycles. The highest BCUT2D eigenvalue weighted by Crippen LogP contribution is 2.20. The first-order valence-electron chi connectivity index (χ1n) is 5.75. The van der Waals surface area contributed by atoms with E-state index < -0.39 is 30.2 Å². The standard InChI is InChI=1S/C14H14O6/c1-20-12(15)8-11(14(18)19)10(13(16)17)7-9-5-3-2-4-6-9/h2-7,11H,8H2,1H3,(H,16,17)(H,18,19). The number of carbonyl (C=O) groups excluding carboxylic acids is 1. The van der Waals surface area contributed by atoms with Gasteiger partial charge in [0.15, 0.2) is 0 Å². The highest BCUT2D eigenvalue weighted by atomic mass is 16.5. The first kappa shape index (κ1) is 15.4. The van der Waals surface area contributed by atoms with Crippen LogP contribution in [0.4, 0.5) is 0 Å². The Morgan fingerprint density at radius 2 is 1.80 bits per heavy atom. The molecular formula is C14H14O6. The van der Waals surface area contributed by atoms with Crippen molar-refractivity contribution in [1.82, 2.24) is 0 Å².